The third-order valence-corrected chi connectivity index (χ3v) is 4.56. The number of carbonyl (C=O) groups is 1. The highest BCUT2D eigenvalue weighted by Crippen LogP contribution is 2.23. The van der Waals surface area contributed by atoms with Crippen LogP contribution in [-0.2, 0) is 9.53 Å². The van der Waals surface area contributed by atoms with Gasteiger partial charge in [0.2, 0.25) is 0 Å². The molecule has 1 aromatic rings. The summed E-state index contributed by atoms with van der Waals surface area (Å²) in [5, 5.41) is 0. The maximum absolute atomic E-state index is 11.4. The van der Waals surface area contributed by atoms with E-state index in [1.165, 1.54) is 11.1 Å². The normalized spacial score (nSPS) is 18.4. The Hall–Kier alpha value is -1.94. The predicted octanol–water partition coefficient (Wildman–Crippen LogP) is 4.91. The quantitative estimate of drug-likeness (QED) is 0.419. The molecule has 1 unspecified atom stereocenters. The van der Waals surface area contributed by atoms with Gasteiger partial charge in [0.25, 0.3) is 0 Å². The number of anilines is 1. The van der Waals surface area contributed by atoms with Gasteiger partial charge in [0.15, 0.2) is 0 Å². The smallest absolute Gasteiger partial charge is 0.315 e. The number of esters is 1. The van der Waals surface area contributed by atoms with Gasteiger partial charge in [-0.2, -0.15) is 12.6 Å². The second kappa shape index (κ2) is 10.3. The molecular formula is C22H29NO2S. The Morgan fingerprint density at radius 2 is 2.04 bits per heavy atom. The number of allylic oxidation sites excluding steroid dienone is 5. The molecule has 1 heterocycles. The first-order valence-corrected chi connectivity index (χ1v) is 9.83. The van der Waals surface area contributed by atoms with E-state index in [1.807, 2.05) is 0 Å². The van der Waals surface area contributed by atoms with E-state index in [0.29, 0.717) is 5.92 Å². The number of benzene rings is 1. The van der Waals surface area contributed by atoms with Crippen molar-refractivity contribution in [1.29, 1.82) is 0 Å². The lowest BCUT2D eigenvalue weighted by atomic mass is 10.1. The van der Waals surface area contributed by atoms with E-state index >= 15 is 0 Å². The van der Waals surface area contributed by atoms with Crippen LogP contribution in [0.5, 0.6) is 0 Å². The van der Waals surface area contributed by atoms with Crippen LogP contribution in [0.3, 0.4) is 0 Å². The van der Waals surface area contributed by atoms with Crippen LogP contribution in [0.2, 0.25) is 0 Å². The van der Waals surface area contributed by atoms with Crippen molar-refractivity contribution in [2.75, 3.05) is 23.7 Å². The molecule has 1 aliphatic heterocycles. The zero-order chi connectivity index (χ0) is 18.9. The first-order valence-electron chi connectivity index (χ1n) is 9.19. The molecule has 0 aromatic heterocycles. The van der Waals surface area contributed by atoms with Gasteiger partial charge in [0.05, 0.1) is 12.3 Å². The van der Waals surface area contributed by atoms with E-state index in [-0.39, 0.29) is 17.8 Å². The number of carbonyl (C=O) groups excluding carboxylic acids is 1. The van der Waals surface area contributed by atoms with Gasteiger partial charge < -0.3 is 9.64 Å². The molecular weight excluding hydrogens is 342 g/mol. The molecule has 1 fully saturated rings. The molecule has 0 radical (unpaired) electrons. The molecule has 4 heteroatoms. The third-order valence-electron chi connectivity index (χ3n) is 4.31. The summed E-state index contributed by atoms with van der Waals surface area (Å²) in [6.45, 7) is 8.06. The number of thiol groups is 1. The summed E-state index contributed by atoms with van der Waals surface area (Å²) in [7, 11) is 0. The molecule has 140 valence electrons. The first kappa shape index (κ1) is 20.4. The average Bonchev–Trinajstić information content (AvgIpc) is 3.10. The van der Waals surface area contributed by atoms with Crippen molar-refractivity contribution in [2.24, 2.45) is 5.92 Å². The highest BCUT2D eigenvalue weighted by atomic mass is 32.1. The summed E-state index contributed by atoms with van der Waals surface area (Å²) in [6, 6.07) is 8.50. The Morgan fingerprint density at radius 3 is 2.65 bits per heavy atom. The Labute approximate surface area is 162 Å². The fourth-order valence-electron chi connectivity index (χ4n) is 2.82. The van der Waals surface area contributed by atoms with Crippen molar-refractivity contribution in [3.8, 4) is 0 Å². The lowest BCUT2D eigenvalue weighted by Crippen LogP contribution is -2.25. The Morgan fingerprint density at radius 1 is 1.31 bits per heavy atom. The van der Waals surface area contributed by atoms with Gasteiger partial charge in [-0.15, -0.1) is 0 Å². The van der Waals surface area contributed by atoms with E-state index in [0.717, 1.165) is 25.2 Å². The van der Waals surface area contributed by atoms with Crippen molar-refractivity contribution in [2.45, 2.75) is 33.3 Å². The molecule has 0 aliphatic carbocycles. The van der Waals surface area contributed by atoms with Crippen LogP contribution in [0.15, 0.2) is 54.1 Å². The van der Waals surface area contributed by atoms with Crippen LogP contribution in [-0.4, -0.2) is 30.9 Å². The van der Waals surface area contributed by atoms with Crippen molar-refractivity contribution in [1.82, 2.24) is 0 Å². The number of nitrogens with zero attached hydrogens (tertiary/aromatic N) is 1. The highest BCUT2D eigenvalue weighted by molar-refractivity contribution is 7.81. The molecule has 0 bridgehead atoms. The molecule has 0 spiro atoms. The maximum Gasteiger partial charge on any atom is 0.315 e. The van der Waals surface area contributed by atoms with Crippen LogP contribution in [0.1, 0.15) is 32.8 Å². The second-order valence-electron chi connectivity index (χ2n) is 6.82. The van der Waals surface area contributed by atoms with Crippen molar-refractivity contribution >= 4 is 30.4 Å². The van der Waals surface area contributed by atoms with Crippen LogP contribution in [0.25, 0.3) is 6.08 Å². The molecule has 26 heavy (non-hydrogen) atoms. The Balaban J connectivity index is 1.94. The first-order chi connectivity index (χ1) is 12.5. The number of rotatable bonds is 7. The van der Waals surface area contributed by atoms with E-state index in [1.54, 1.807) is 0 Å². The van der Waals surface area contributed by atoms with Crippen LogP contribution in [0.4, 0.5) is 5.69 Å². The average molecular weight is 372 g/mol. The maximum atomic E-state index is 11.4. The Kier molecular flexibility index (Phi) is 8.05. The molecule has 1 atom stereocenters. The van der Waals surface area contributed by atoms with Crippen LogP contribution >= 0.6 is 12.6 Å². The van der Waals surface area contributed by atoms with Gasteiger partial charge in [-0.1, -0.05) is 56.4 Å². The van der Waals surface area contributed by atoms with Gasteiger partial charge in [0, 0.05) is 18.7 Å². The molecule has 1 aromatic carbocycles. The summed E-state index contributed by atoms with van der Waals surface area (Å²) < 4.78 is 5.37. The fourth-order valence-corrected chi connectivity index (χ4v) is 2.90. The van der Waals surface area contributed by atoms with Gasteiger partial charge in [0.1, 0.15) is 6.10 Å². The van der Waals surface area contributed by atoms with Crippen molar-refractivity contribution in [3.05, 3.63) is 59.7 Å². The SMILES string of the molecule is C/C=C(\C=C/C(C)C)/C=C/c1ccc(N2CCC(OC(=O)CS)C2)cc1. The van der Waals surface area contributed by atoms with Crippen molar-refractivity contribution in [3.63, 3.8) is 0 Å². The zero-order valence-electron chi connectivity index (χ0n) is 15.9. The largest absolute Gasteiger partial charge is 0.460 e. The topological polar surface area (TPSA) is 29.5 Å². The molecule has 0 N–H and O–H groups in total. The van der Waals surface area contributed by atoms with E-state index in [9.17, 15) is 4.79 Å². The number of hydrogen-bond acceptors (Lipinski definition) is 4. The molecule has 2 rings (SSSR count). The Bertz CT molecular complexity index is 674. The fraction of sp³-hybridized carbons (Fsp3) is 0.409. The van der Waals surface area contributed by atoms with Gasteiger partial charge in [-0.25, -0.2) is 0 Å². The summed E-state index contributed by atoms with van der Waals surface area (Å²) in [6.07, 6.45) is 11.6. The van der Waals surface area contributed by atoms with E-state index in [4.69, 9.17) is 4.74 Å². The van der Waals surface area contributed by atoms with Gasteiger partial charge >= 0.3 is 5.97 Å². The molecule has 3 nitrogen and oxygen atoms in total. The molecule has 0 amide bonds. The molecule has 0 saturated carbocycles. The third kappa shape index (κ3) is 6.41. The predicted molar refractivity (Wildman–Crippen MR) is 114 cm³/mol. The highest BCUT2D eigenvalue weighted by Gasteiger charge is 2.25. The zero-order valence-corrected chi connectivity index (χ0v) is 16.8. The minimum Gasteiger partial charge on any atom is -0.460 e. The van der Waals surface area contributed by atoms with E-state index < -0.39 is 0 Å². The minimum absolute atomic E-state index is 0.0285. The van der Waals surface area contributed by atoms with Gasteiger partial charge in [-0.05, 0) is 36.1 Å². The molecule has 1 saturated heterocycles. The van der Waals surface area contributed by atoms with Crippen LogP contribution < -0.4 is 4.90 Å². The second-order valence-corrected chi connectivity index (χ2v) is 7.14. The van der Waals surface area contributed by atoms with Crippen LogP contribution in [0, 0.1) is 5.92 Å². The van der Waals surface area contributed by atoms with Crippen molar-refractivity contribution < 1.29 is 9.53 Å². The summed E-state index contributed by atoms with van der Waals surface area (Å²) in [5.74, 6) is 0.443. The number of ether oxygens (including phenoxy) is 1. The molecule has 1 aliphatic rings. The van der Waals surface area contributed by atoms with E-state index in [2.05, 4.69) is 92.9 Å². The monoisotopic (exact) mass is 371 g/mol. The lowest BCUT2D eigenvalue weighted by molar-refractivity contribution is -0.144. The standard InChI is InChI=1S/C22H29NO2S/c1-4-18(6-5-17(2)3)7-8-19-9-11-20(12-10-19)23-14-13-21(15-23)25-22(24)16-26/h4-12,17,21,26H,13-16H2,1-3H3/b6-5-,8-7+,18-4+. The number of hydrogen-bond donors (Lipinski definition) is 1. The summed E-state index contributed by atoms with van der Waals surface area (Å²) in [5.41, 5.74) is 3.54. The van der Waals surface area contributed by atoms with Gasteiger partial charge in [-0.3, -0.25) is 4.79 Å². The summed E-state index contributed by atoms with van der Waals surface area (Å²) in [4.78, 5) is 13.6. The minimum atomic E-state index is -0.244. The summed E-state index contributed by atoms with van der Waals surface area (Å²) >= 11 is 3.95. The lowest BCUT2D eigenvalue weighted by Gasteiger charge is -2.18.